The van der Waals surface area contributed by atoms with Gasteiger partial charge in [-0.15, -0.1) is 0 Å². The quantitative estimate of drug-likeness (QED) is 0.807. The van der Waals surface area contributed by atoms with Crippen LogP contribution in [0.1, 0.15) is 26.3 Å². The Morgan fingerprint density at radius 1 is 1.29 bits per heavy atom. The number of rotatable bonds is 6. The topological polar surface area (TPSA) is 57.7 Å². The standard InChI is InChI=1S/C15H24N2O3S/c1-6-16(14-9-7-8-13(4)10-14)15(18)11-17(12(2)3)21(5,19)20/h7-10,12H,6,11H2,1-5H3. The summed E-state index contributed by atoms with van der Waals surface area (Å²) in [7, 11) is -3.41. The molecule has 0 heterocycles. The lowest BCUT2D eigenvalue weighted by atomic mass is 10.2. The SMILES string of the molecule is CCN(C(=O)CN(C(C)C)S(C)(=O)=O)c1cccc(C)c1. The molecule has 1 amide bonds. The van der Waals surface area contributed by atoms with Crippen LogP contribution in [0.5, 0.6) is 0 Å². The zero-order valence-electron chi connectivity index (χ0n) is 13.3. The summed E-state index contributed by atoms with van der Waals surface area (Å²) >= 11 is 0. The van der Waals surface area contributed by atoms with Crippen molar-refractivity contribution in [3.63, 3.8) is 0 Å². The van der Waals surface area contributed by atoms with Gasteiger partial charge >= 0.3 is 0 Å². The van der Waals surface area contributed by atoms with Crippen LogP contribution in [0.2, 0.25) is 0 Å². The summed E-state index contributed by atoms with van der Waals surface area (Å²) in [6.07, 6.45) is 1.13. The van der Waals surface area contributed by atoms with E-state index < -0.39 is 10.0 Å². The van der Waals surface area contributed by atoms with Crippen LogP contribution in [0.15, 0.2) is 24.3 Å². The molecule has 0 aliphatic carbocycles. The van der Waals surface area contributed by atoms with E-state index in [4.69, 9.17) is 0 Å². The normalized spacial score (nSPS) is 12.0. The first-order chi connectivity index (χ1) is 9.66. The maximum absolute atomic E-state index is 12.5. The summed E-state index contributed by atoms with van der Waals surface area (Å²) in [5.41, 5.74) is 1.85. The van der Waals surface area contributed by atoms with Gasteiger partial charge in [-0.2, -0.15) is 4.31 Å². The highest BCUT2D eigenvalue weighted by Crippen LogP contribution is 2.17. The third-order valence-electron chi connectivity index (χ3n) is 3.22. The minimum atomic E-state index is -3.41. The second-order valence-electron chi connectivity index (χ2n) is 5.38. The van der Waals surface area contributed by atoms with E-state index in [1.807, 2.05) is 38.1 Å². The summed E-state index contributed by atoms with van der Waals surface area (Å²) in [6.45, 7) is 7.71. The van der Waals surface area contributed by atoms with E-state index in [9.17, 15) is 13.2 Å². The second kappa shape index (κ2) is 7.04. The van der Waals surface area contributed by atoms with Gasteiger partial charge in [0.1, 0.15) is 0 Å². The van der Waals surface area contributed by atoms with Crippen molar-refractivity contribution in [2.75, 3.05) is 24.2 Å². The van der Waals surface area contributed by atoms with Gasteiger partial charge in [0.15, 0.2) is 0 Å². The Kier molecular flexibility index (Phi) is 5.92. The van der Waals surface area contributed by atoms with E-state index in [-0.39, 0.29) is 18.5 Å². The maximum atomic E-state index is 12.5. The van der Waals surface area contributed by atoms with Gasteiger partial charge in [0.05, 0.1) is 12.8 Å². The average Bonchev–Trinajstić information content (AvgIpc) is 2.35. The summed E-state index contributed by atoms with van der Waals surface area (Å²) < 4.78 is 24.7. The van der Waals surface area contributed by atoms with Crippen molar-refractivity contribution in [2.24, 2.45) is 0 Å². The molecule has 0 spiro atoms. The first-order valence-corrected chi connectivity index (χ1v) is 8.85. The van der Waals surface area contributed by atoms with Crippen LogP contribution in [-0.4, -0.2) is 44.0 Å². The molecule has 0 aliphatic heterocycles. The largest absolute Gasteiger partial charge is 0.312 e. The van der Waals surface area contributed by atoms with Crippen LogP contribution in [-0.2, 0) is 14.8 Å². The van der Waals surface area contributed by atoms with E-state index in [0.717, 1.165) is 17.5 Å². The van der Waals surface area contributed by atoms with Crippen molar-refractivity contribution in [1.82, 2.24) is 4.31 Å². The van der Waals surface area contributed by atoms with Crippen molar-refractivity contribution in [3.05, 3.63) is 29.8 Å². The number of carbonyl (C=O) groups excluding carboxylic acids is 1. The van der Waals surface area contributed by atoms with Gasteiger partial charge in [-0.3, -0.25) is 4.79 Å². The Morgan fingerprint density at radius 3 is 2.33 bits per heavy atom. The molecule has 1 rings (SSSR count). The minimum absolute atomic E-state index is 0.141. The summed E-state index contributed by atoms with van der Waals surface area (Å²) in [6, 6.07) is 7.37. The fraction of sp³-hybridized carbons (Fsp3) is 0.533. The Labute approximate surface area is 127 Å². The van der Waals surface area contributed by atoms with Gasteiger partial charge in [0.2, 0.25) is 15.9 Å². The number of nitrogens with zero attached hydrogens (tertiary/aromatic N) is 2. The Morgan fingerprint density at radius 2 is 1.90 bits per heavy atom. The highest BCUT2D eigenvalue weighted by Gasteiger charge is 2.25. The third kappa shape index (κ3) is 4.82. The summed E-state index contributed by atoms with van der Waals surface area (Å²) in [5, 5.41) is 0. The monoisotopic (exact) mass is 312 g/mol. The molecule has 0 saturated carbocycles. The lowest BCUT2D eigenvalue weighted by molar-refractivity contribution is -0.119. The molecule has 0 N–H and O–H groups in total. The Hall–Kier alpha value is -1.40. The number of benzene rings is 1. The van der Waals surface area contributed by atoms with Crippen molar-refractivity contribution in [3.8, 4) is 0 Å². The molecule has 21 heavy (non-hydrogen) atoms. The highest BCUT2D eigenvalue weighted by molar-refractivity contribution is 7.88. The molecule has 118 valence electrons. The van der Waals surface area contributed by atoms with Crippen molar-refractivity contribution in [1.29, 1.82) is 0 Å². The van der Waals surface area contributed by atoms with Gasteiger partial charge in [0.25, 0.3) is 0 Å². The van der Waals surface area contributed by atoms with Gasteiger partial charge in [-0.1, -0.05) is 12.1 Å². The number of hydrogen-bond acceptors (Lipinski definition) is 3. The molecular weight excluding hydrogens is 288 g/mol. The van der Waals surface area contributed by atoms with Crippen LogP contribution < -0.4 is 4.90 Å². The third-order valence-corrected chi connectivity index (χ3v) is 4.63. The number of anilines is 1. The van der Waals surface area contributed by atoms with Crippen molar-refractivity contribution >= 4 is 21.6 Å². The molecule has 0 atom stereocenters. The predicted molar refractivity (Wildman–Crippen MR) is 85.9 cm³/mol. The van der Waals surface area contributed by atoms with Crippen LogP contribution in [0.4, 0.5) is 5.69 Å². The molecule has 0 radical (unpaired) electrons. The molecule has 0 saturated heterocycles. The summed E-state index contributed by atoms with van der Waals surface area (Å²) in [5.74, 6) is -0.220. The van der Waals surface area contributed by atoms with Crippen molar-refractivity contribution < 1.29 is 13.2 Å². The minimum Gasteiger partial charge on any atom is -0.312 e. The number of sulfonamides is 1. The first-order valence-electron chi connectivity index (χ1n) is 7.00. The lowest BCUT2D eigenvalue weighted by Gasteiger charge is -2.27. The zero-order valence-corrected chi connectivity index (χ0v) is 14.1. The van der Waals surface area contributed by atoms with Gasteiger partial charge < -0.3 is 4.90 Å². The Bertz CT molecular complexity index is 597. The zero-order chi connectivity index (χ0) is 16.2. The van der Waals surface area contributed by atoms with E-state index in [1.54, 1.807) is 18.7 Å². The molecule has 0 aliphatic rings. The van der Waals surface area contributed by atoms with Crippen LogP contribution in [0, 0.1) is 6.92 Å². The van der Waals surface area contributed by atoms with Crippen LogP contribution in [0.25, 0.3) is 0 Å². The molecule has 5 nitrogen and oxygen atoms in total. The molecular formula is C15H24N2O3S. The maximum Gasteiger partial charge on any atom is 0.242 e. The van der Waals surface area contributed by atoms with E-state index in [2.05, 4.69) is 0 Å². The van der Waals surface area contributed by atoms with E-state index in [1.165, 1.54) is 4.31 Å². The number of likely N-dealkylation sites (N-methyl/N-ethyl adjacent to an activating group) is 1. The first kappa shape index (κ1) is 17.7. The van der Waals surface area contributed by atoms with E-state index >= 15 is 0 Å². The second-order valence-corrected chi connectivity index (χ2v) is 7.31. The molecule has 0 fully saturated rings. The van der Waals surface area contributed by atoms with Gasteiger partial charge in [-0.05, 0) is 45.4 Å². The summed E-state index contributed by atoms with van der Waals surface area (Å²) in [4.78, 5) is 14.1. The molecule has 0 aromatic heterocycles. The van der Waals surface area contributed by atoms with Gasteiger partial charge in [-0.25, -0.2) is 8.42 Å². The number of amides is 1. The molecule has 1 aromatic carbocycles. The molecule has 0 bridgehead atoms. The average molecular weight is 312 g/mol. The highest BCUT2D eigenvalue weighted by atomic mass is 32.2. The fourth-order valence-corrected chi connectivity index (χ4v) is 3.31. The molecule has 1 aromatic rings. The molecule has 6 heteroatoms. The lowest BCUT2D eigenvalue weighted by Crippen LogP contribution is -2.45. The number of aryl methyl sites for hydroxylation is 1. The fourth-order valence-electron chi connectivity index (χ4n) is 2.20. The predicted octanol–water partition coefficient (Wildman–Crippen LogP) is 2.02. The van der Waals surface area contributed by atoms with E-state index in [0.29, 0.717) is 6.54 Å². The Balaban J connectivity index is 2.99. The number of carbonyl (C=O) groups is 1. The van der Waals surface area contributed by atoms with Crippen LogP contribution >= 0.6 is 0 Å². The van der Waals surface area contributed by atoms with Crippen LogP contribution in [0.3, 0.4) is 0 Å². The molecule has 0 unspecified atom stereocenters. The van der Waals surface area contributed by atoms with Crippen molar-refractivity contribution in [2.45, 2.75) is 33.7 Å². The smallest absolute Gasteiger partial charge is 0.242 e. The van der Waals surface area contributed by atoms with Gasteiger partial charge in [0, 0.05) is 18.3 Å². The number of hydrogen-bond donors (Lipinski definition) is 0.